The molecule has 29 heavy (non-hydrogen) atoms. The van der Waals surface area contributed by atoms with Crippen LogP contribution in [0.4, 0.5) is 10.8 Å². The number of benzene rings is 2. The fourth-order valence-corrected chi connectivity index (χ4v) is 3.47. The molecule has 1 aromatic heterocycles. The monoisotopic (exact) mass is 410 g/mol. The third-order valence-electron chi connectivity index (χ3n) is 4.01. The number of hydrogen-bond acceptors (Lipinski definition) is 7. The SMILES string of the molecule is COc1ccccc1N(C(C)=O)c1nc(COC(=O)c2ccc(C=O)cc2)cs1. The molecule has 3 rings (SSSR count). The van der Waals surface area contributed by atoms with E-state index in [4.69, 9.17) is 9.47 Å². The molecule has 0 fully saturated rings. The van der Waals surface area contributed by atoms with E-state index in [2.05, 4.69) is 4.98 Å². The van der Waals surface area contributed by atoms with Crippen molar-refractivity contribution in [3.63, 3.8) is 0 Å². The summed E-state index contributed by atoms with van der Waals surface area (Å²) in [4.78, 5) is 41.0. The van der Waals surface area contributed by atoms with E-state index in [1.165, 1.54) is 42.4 Å². The fourth-order valence-electron chi connectivity index (χ4n) is 2.61. The van der Waals surface area contributed by atoms with Crippen molar-refractivity contribution in [3.8, 4) is 5.75 Å². The van der Waals surface area contributed by atoms with E-state index in [9.17, 15) is 14.4 Å². The van der Waals surface area contributed by atoms with Crippen molar-refractivity contribution < 1.29 is 23.9 Å². The Morgan fingerprint density at radius 1 is 1.14 bits per heavy atom. The molecule has 0 atom stereocenters. The molecule has 8 heteroatoms. The zero-order valence-electron chi connectivity index (χ0n) is 15.8. The number of anilines is 2. The second kappa shape index (κ2) is 9.11. The highest BCUT2D eigenvalue weighted by atomic mass is 32.1. The summed E-state index contributed by atoms with van der Waals surface area (Å²) in [5, 5.41) is 2.17. The topological polar surface area (TPSA) is 85.8 Å². The predicted molar refractivity (Wildman–Crippen MR) is 109 cm³/mol. The molecule has 0 unspecified atom stereocenters. The molecule has 2 aromatic carbocycles. The summed E-state index contributed by atoms with van der Waals surface area (Å²) in [5.74, 6) is -0.197. The number of esters is 1. The number of carbonyl (C=O) groups excluding carboxylic acids is 3. The lowest BCUT2D eigenvalue weighted by Gasteiger charge is -2.20. The van der Waals surface area contributed by atoms with E-state index in [1.54, 1.807) is 35.7 Å². The number of aromatic nitrogens is 1. The number of methoxy groups -OCH3 is 1. The van der Waals surface area contributed by atoms with Crippen molar-refractivity contribution in [3.05, 3.63) is 70.7 Å². The molecule has 148 valence electrons. The Bertz CT molecular complexity index is 1030. The number of amides is 1. The highest BCUT2D eigenvalue weighted by Gasteiger charge is 2.21. The fraction of sp³-hybridized carbons (Fsp3) is 0.143. The van der Waals surface area contributed by atoms with Crippen LogP contribution >= 0.6 is 11.3 Å². The van der Waals surface area contributed by atoms with Gasteiger partial charge in [0.05, 0.1) is 24.1 Å². The zero-order chi connectivity index (χ0) is 20.8. The smallest absolute Gasteiger partial charge is 0.338 e. The van der Waals surface area contributed by atoms with Gasteiger partial charge in [-0.3, -0.25) is 14.5 Å². The van der Waals surface area contributed by atoms with Gasteiger partial charge in [-0.1, -0.05) is 24.3 Å². The minimum atomic E-state index is -0.523. The number of thiazole rings is 1. The minimum absolute atomic E-state index is 0.0393. The molecule has 0 spiro atoms. The first-order valence-corrected chi connectivity index (χ1v) is 9.52. The predicted octanol–water partition coefficient (Wildman–Crippen LogP) is 4.01. The van der Waals surface area contributed by atoms with Crippen molar-refractivity contribution in [2.75, 3.05) is 12.0 Å². The maximum absolute atomic E-state index is 12.3. The summed E-state index contributed by atoms with van der Waals surface area (Å²) in [6.07, 6.45) is 0.703. The van der Waals surface area contributed by atoms with Gasteiger partial charge in [-0.15, -0.1) is 11.3 Å². The molecule has 7 nitrogen and oxygen atoms in total. The van der Waals surface area contributed by atoms with E-state index in [1.807, 2.05) is 6.07 Å². The summed E-state index contributed by atoms with van der Waals surface area (Å²) in [6.45, 7) is 1.40. The molecular formula is C21H18N2O5S. The van der Waals surface area contributed by atoms with Gasteiger partial charge in [0, 0.05) is 17.9 Å². The van der Waals surface area contributed by atoms with Gasteiger partial charge < -0.3 is 9.47 Å². The molecule has 0 radical (unpaired) electrons. The van der Waals surface area contributed by atoms with Crippen LogP contribution in [0.5, 0.6) is 5.75 Å². The van der Waals surface area contributed by atoms with Gasteiger partial charge in [0.15, 0.2) is 5.13 Å². The number of hydrogen-bond donors (Lipinski definition) is 0. The van der Waals surface area contributed by atoms with E-state index in [0.717, 1.165) is 0 Å². The number of carbonyl (C=O) groups is 3. The van der Waals surface area contributed by atoms with Crippen molar-refractivity contribution in [1.82, 2.24) is 4.98 Å². The number of rotatable bonds is 7. The Morgan fingerprint density at radius 3 is 2.52 bits per heavy atom. The van der Waals surface area contributed by atoms with Crippen LogP contribution in [-0.2, 0) is 16.1 Å². The number of nitrogens with zero attached hydrogens (tertiary/aromatic N) is 2. The van der Waals surface area contributed by atoms with Gasteiger partial charge in [-0.25, -0.2) is 9.78 Å². The lowest BCUT2D eigenvalue weighted by atomic mass is 10.1. The molecule has 0 N–H and O–H groups in total. The largest absolute Gasteiger partial charge is 0.495 e. The minimum Gasteiger partial charge on any atom is -0.495 e. The lowest BCUT2D eigenvalue weighted by Crippen LogP contribution is -2.23. The lowest BCUT2D eigenvalue weighted by molar-refractivity contribution is -0.115. The molecule has 3 aromatic rings. The maximum Gasteiger partial charge on any atom is 0.338 e. The molecule has 0 saturated heterocycles. The summed E-state index contributed by atoms with van der Waals surface area (Å²) in [5.41, 5.74) is 1.91. The molecule has 0 aliphatic heterocycles. The van der Waals surface area contributed by atoms with Crippen LogP contribution in [0, 0.1) is 0 Å². The van der Waals surface area contributed by atoms with E-state index in [0.29, 0.717) is 39.7 Å². The molecular weight excluding hydrogens is 392 g/mol. The number of aldehydes is 1. The van der Waals surface area contributed by atoms with Crippen LogP contribution in [0.15, 0.2) is 53.9 Å². The zero-order valence-corrected chi connectivity index (χ0v) is 16.6. The first-order chi connectivity index (χ1) is 14.0. The molecule has 1 heterocycles. The van der Waals surface area contributed by atoms with Crippen LogP contribution in [0.25, 0.3) is 0 Å². The summed E-state index contributed by atoms with van der Waals surface area (Å²) in [6, 6.07) is 13.3. The second-order valence-corrected chi connectivity index (χ2v) is 6.80. The van der Waals surface area contributed by atoms with Gasteiger partial charge in [0.2, 0.25) is 5.91 Å². The van der Waals surface area contributed by atoms with E-state index in [-0.39, 0.29) is 12.5 Å². The van der Waals surface area contributed by atoms with E-state index < -0.39 is 5.97 Å². The molecule has 0 aliphatic rings. The van der Waals surface area contributed by atoms with Crippen LogP contribution in [0.3, 0.4) is 0 Å². The third kappa shape index (κ3) is 4.67. The molecule has 0 aliphatic carbocycles. The Kier molecular flexibility index (Phi) is 6.36. The number of para-hydroxylation sites is 2. The Morgan fingerprint density at radius 2 is 1.86 bits per heavy atom. The normalized spacial score (nSPS) is 10.3. The molecule has 0 bridgehead atoms. The van der Waals surface area contributed by atoms with Gasteiger partial charge in [-0.05, 0) is 24.3 Å². The standard InChI is InChI=1S/C21H18N2O5S/c1-14(25)23(18-5-3-4-6-19(18)27-2)21-22-17(13-29-21)12-28-20(26)16-9-7-15(11-24)8-10-16/h3-11,13H,12H2,1-2H3. The summed E-state index contributed by atoms with van der Waals surface area (Å²) in [7, 11) is 1.53. The van der Waals surface area contributed by atoms with Crippen molar-refractivity contribution in [1.29, 1.82) is 0 Å². The third-order valence-corrected chi connectivity index (χ3v) is 4.88. The number of ether oxygens (including phenoxy) is 2. The van der Waals surface area contributed by atoms with Crippen molar-refractivity contribution in [2.24, 2.45) is 0 Å². The van der Waals surface area contributed by atoms with Crippen molar-refractivity contribution in [2.45, 2.75) is 13.5 Å². The average Bonchev–Trinajstić information content (AvgIpc) is 3.20. The van der Waals surface area contributed by atoms with Gasteiger partial charge in [0.25, 0.3) is 0 Å². The summed E-state index contributed by atoms with van der Waals surface area (Å²) < 4.78 is 10.6. The average molecular weight is 410 g/mol. The highest BCUT2D eigenvalue weighted by molar-refractivity contribution is 7.14. The van der Waals surface area contributed by atoms with Gasteiger partial charge in [0.1, 0.15) is 18.6 Å². The van der Waals surface area contributed by atoms with Crippen LogP contribution in [0.1, 0.15) is 33.3 Å². The first kappa shape index (κ1) is 20.2. The first-order valence-electron chi connectivity index (χ1n) is 8.64. The van der Waals surface area contributed by atoms with Crippen molar-refractivity contribution >= 4 is 40.3 Å². The molecule has 0 saturated carbocycles. The van der Waals surface area contributed by atoms with Crippen LogP contribution < -0.4 is 9.64 Å². The Labute approximate surface area is 171 Å². The van der Waals surface area contributed by atoms with Crippen LogP contribution in [0.2, 0.25) is 0 Å². The van der Waals surface area contributed by atoms with E-state index >= 15 is 0 Å². The summed E-state index contributed by atoms with van der Waals surface area (Å²) >= 11 is 1.26. The Hall–Kier alpha value is -3.52. The van der Waals surface area contributed by atoms with Gasteiger partial charge in [-0.2, -0.15) is 0 Å². The van der Waals surface area contributed by atoms with Crippen LogP contribution in [-0.4, -0.2) is 30.3 Å². The highest BCUT2D eigenvalue weighted by Crippen LogP contribution is 2.35. The second-order valence-electron chi connectivity index (χ2n) is 5.96. The molecule has 1 amide bonds. The Balaban J connectivity index is 1.74. The maximum atomic E-state index is 12.3. The quantitative estimate of drug-likeness (QED) is 0.432. The van der Waals surface area contributed by atoms with Gasteiger partial charge >= 0.3 is 5.97 Å².